The first-order chi connectivity index (χ1) is 8.54. The molecule has 0 spiro atoms. The first-order valence-electron chi connectivity index (χ1n) is 5.66. The van der Waals surface area contributed by atoms with E-state index in [1.54, 1.807) is 19.9 Å². The van der Waals surface area contributed by atoms with Gasteiger partial charge in [0.15, 0.2) is 0 Å². The van der Waals surface area contributed by atoms with Gasteiger partial charge in [0.25, 0.3) is 0 Å². The standard InChI is InChI=1S/C15H13NO2/c1-15(2)13(12(10-16)14(17)18-15)9-8-11-6-4-3-5-7-11/h3-9H,1-2H3. The average Bonchev–Trinajstić information content (AvgIpc) is 2.56. The van der Waals surface area contributed by atoms with Crippen LogP contribution < -0.4 is 0 Å². The molecule has 1 aliphatic rings. The van der Waals surface area contributed by atoms with E-state index in [1.807, 2.05) is 42.5 Å². The van der Waals surface area contributed by atoms with Crippen LogP contribution in [0.2, 0.25) is 0 Å². The van der Waals surface area contributed by atoms with Gasteiger partial charge in [-0.2, -0.15) is 5.26 Å². The summed E-state index contributed by atoms with van der Waals surface area (Å²) >= 11 is 0. The molecule has 3 heteroatoms. The van der Waals surface area contributed by atoms with Crippen molar-refractivity contribution < 1.29 is 9.53 Å². The van der Waals surface area contributed by atoms with Gasteiger partial charge >= 0.3 is 5.97 Å². The van der Waals surface area contributed by atoms with Gasteiger partial charge in [-0.15, -0.1) is 0 Å². The fourth-order valence-electron chi connectivity index (χ4n) is 1.88. The third-order valence-electron chi connectivity index (χ3n) is 2.82. The fraction of sp³-hybridized carbons (Fsp3) is 0.200. The molecule has 0 saturated heterocycles. The second-order valence-corrected chi connectivity index (χ2v) is 4.54. The topological polar surface area (TPSA) is 50.1 Å². The molecule has 1 aromatic carbocycles. The molecule has 18 heavy (non-hydrogen) atoms. The van der Waals surface area contributed by atoms with Crippen LogP contribution in [0.1, 0.15) is 19.4 Å². The third-order valence-corrected chi connectivity index (χ3v) is 2.82. The number of nitriles is 1. The van der Waals surface area contributed by atoms with E-state index in [-0.39, 0.29) is 5.57 Å². The number of nitrogens with zero attached hydrogens (tertiary/aromatic N) is 1. The van der Waals surface area contributed by atoms with Gasteiger partial charge in [-0.25, -0.2) is 4.79 Å². The van der Waals surface area contributed by atoms with Gasteiger partial charge in [0.05, 0.1) is 0 Å². The molecule has 0 radical (unpaired) electrons. The molecule has 0 aromatic heterocycles. The zero-order chi connectivity index (χ0) is 13.2. The minimum Gasteiger partial charge on any atom is -0.451 e. The van der Waals surface area contributed by atoms with Crippen molar-refractivity contribution in [1.29, 1.82) is 5.26 Å². The van der Waals surface area contributed by atoms with Crippen molar-refractivity contribution in [2.24, 2.45) is 0 Å². The Balaban J connectivity index is 2.38. The summed E-state index contributed by atoms with van der Waals surface area (Å²) in [5.41, 5.74) is 0.983. The maximum absolute atomic E-state index is 11.5. The number of hydrogen-bond acceptors (Lipinski definition) is 3. The molecule has 2 rings (SSSR count). The summed E-state index contributed by atoms with van der Waals surface area (Å²) in [5.74, 6) is -0.546. The van der Waals surface area contributed by atoms with Crippen LogP contribution in [0.3, 0.4) is 0 Å². The van der Waals surface area contributed by atoms with Gasteiger partial charge in [-0.05, 0) is 19.4 Å². The molecule has 90 valence electrons. The summed E-state index contributed by atoms with van der Waals surface area (Å²) in [7, 11) is 0. The van der Waals surface area contributed by atoms with E-state index >= 15 is 0 Å². The Kier molecular flexibility index (Phi) is 3.03. The number of ether oxygens (including phenoxy) is 1. The van der Waals surface area contributed by atoms with Crippen LogP contribution in [0.5, 0.6) is 0 Å². The predicted octanol–water partition coefficient (Wildman–Crippen LogP) is 2.86. The first-order valence-corrected chi connectivity index (χ1v) is 5.66. The summed E-state index contributed by atoms with van der Waals surface area (Å²) in [4.78, 5) is 11.5. The number of carbonyl (C=O) groups excluding carboxylic acids is 1. The van der Waals surface area contributed by atoms with Crippen molar-refractivity contribution in [3.8, 4) is 6.07 Å². The Bertz CT molecular complexity index is 574. The second-order valence-electron chi connectivity index (χ2n) is 4.54. The summed E-state index contributed by atoms with van der Waals surface area (Å²) in [6.45, 7) is 3.56. The minimum absolute atomic E-state index is 0.0900. The van der Waals surface area contributed by atoms with Crippen LogP contribution in [-0.2, 0) is 9.53 Å². The molecule has 0 bridgehead atoms. The van der Waals surface area contributed by atoms with Gasteiger partial charge in [0.1, 0.15) is 17.2 Å². The molecule has 0 atom stereocenters. The SMILES string of the molecule is CC1(C)OC(=O)C(C#N)=C1C=Cc1ccccc1. The van der Waals surface area contributed by atoms with Crippen LogP contribution in [0, 0.1) is 11.3 Å². The number of rotatable bonds is 2. The Labute approximate surface area is 106 Å². The lowest BCUT2D eigenvalue weighted by molar-refractivity contribution is -0.144. The van der Waals surface area contributed by atoms with E-state index in [0.29, 0.717) is 5.57 Å². The predicted molar refractivity (Wildman–Crippen MR) is 68.3 cm³/mol. The van der Waals surface area contributed by atoms with Crippen LogP contribution >= 0.6 is 0 Å². The van der Waals surface area contributed by atoms with Crippen LogP contribution in [-0.4, -0.2) is 11.6 Å². The largest absolute Gasteiger partial charge is 0.451 e. The third kappa shape index (κ3) is 2.18. The lowest BCUT2D eigenvalue weighted by Gasteiger charge is -2.18. The number of hydrogen-bond donors (Lipinski definition) is 0. The van der Waals surface area contributed by atoms with Gasteiger partial charge in [-0.1, -0.05) is 42.5 Å². The van der Waals surface area contributed by atoms with Crippen molar-refractivity contribution in [1.82, 2.24) is 0 Å². The highest BCUT2D eigenvalue weighted by Gasteiger charge is 2.39. The van der Waals surface area contributed by atoms with Crippen molar-refractivity contribution in [2.75, 3.05) is 0 Å². The molecule has 3 nitrogen and oxygen atoms in total. The van der Waals surface area contributed by atoms with E-state index in [1.165, 1.54) is 0 Å². The Morgan fingerprint density at radius 2 is 1.89 bits per heavy atom. The molecule has 0 amide bonds. The second kappa shape index (κ2) is 4.50. The van der Waals surface area contributed by atoms with Crippen LogP contribution in [0.15, 0.2) is 47.6 Å². The molecular formula is C15H13NO2. The number of esters is 1. The fourth-order valence-corrected chi connectivity index (χ4v) is 1.88. The maximum atomic E-state index is 11.5. The van der Waals surface area contributed by atoms with Gasteiger partial charge in [0, 0.05) is 5.57 Å². The summed E-state index contributed by atoms with van der Waals surface area (Å²) in [6, 6.07) is 11.6. The van der Waals surface area contributed by atoms with Gasteiger partial charge in [-0.3, -0.25) is 0 Å². The van der Waals surface area contributed by atoms with E-state index in [4.69, 9.17) is 10.00 Å². The summed E-state index contributed by atoms with van der Waals surface area (Å²) < 4.78 is 5.17. The highest BCUT2D eigenvalue weighted by atomic mass is 16.6. The van der Waals surface area contributed by atoms with E-state index in [0.717, 1.165) is 5.56 Å². The van der Waals surface area contributed by atoms with E-state index in [9.17, 15) is 4.79 Å². The van der Waals surface area contributed by atoms with Gasteiger partial charge in [0.2, 0.25) is 0 Å². The Morgan fingerprint density at radius 3 is 2.50 bits per heavy atom. The molecule has 1 aromatic rings. The summed E-state index contributed by atoms with van der Waals surface area (Å²) in [6.07, 6.45) is 3.65. The number of cyclic esters (lactones) is 1. The van der Waals surface area contributed by atoms with Crippen molar-refractivity contribution in [2.45, 2.75) is 19.4 Å². The van der Waals surface area contributed by atoms with Crippen LogP contribution in [0.4, 0.5) is 0 Å². The molecule has 0 saturated carbocycles. The highest BCUT2D eigenvalue weighted by Crippen LogP contribution is 2.33. The average molecular weight is 239 g/mol. The molecule has 0 N–H and O–H groups in total. The minimum atomic E-state index is -0.743. The molecule has 0 unspecified atom stereocenters. The van der Waals surface area contributed by atoms with Crippen molar-refractivity contribution in [3.05, 3.63) is 53.1 Å². The molecule has 0 aliphatic carbocycles. The normalized spacial score (nSPS) is 17.9. The lowest BCUT2D eigenvalue weighted by atomic mass is 9.95. The zero-order valence-electron chi connectivity index (χ0n) is 10.3. The molecule has 1 aliphatic heterocycles. The van der Waals surface area contributed by atoms with E-state index < -0.39 is 11.6 Å². The Hall–Kier alpha value is -2.34. The van der Waals surface area contributed by atoms with Crippen LogP contribution in [0.25, 0.3) is 6.08 Å². The number of benzene rings is 1. The summed E-state index contributed by atoms with van der Waals surface area (Å²) in [5, 5.41) is 8.99. The zero-order valence-corrected chi connectivity index (χ0v) is 10.3. The van der Waals surface area contributed by atoms with E-state index in [2.05, 4.69) is 0 Å². The number of carbonyl (C=O) groups is 1. The monoisotopic (exact) mass is 239 g/mol. The molecule has 0 fully saturated rings. The Morgan fingerprint density at radius 1 is 1.22 bits per heavy atom. The first kappa shape index (κ1) is 12.1. The highest BCUT2D eigenvalue weighted by molar-refractivity contribution is 5.98. The molecular weight excluding hydrogens is 226 g/mol. The van der Waals surface area contributed by atoms with Gasteiger partial charge < -0.3 is 4.74 Å². The smallest absolute Gasteiger partial charge is 0.350 e. The molecule has 1 heterocycles. The van der Waals surface area contributed by atoms with Crippen molar-refractivity contribution in [3.63, 3.8) is 0 Å². The lowest BCUT2D eigenvalue weighted by Crippen LogP contribution is -2.22. The quantitative estimate of drug-likeness (QED) is 0.745. The maximum Gasteiger partial charge on any atom is 0.350 e. The van der Waals surface area contributed by atoms with Crippen molar-refractivity contribution >= 4 is 12.0 Å².